The molecule has 1 aliphatic heterocycles. The zero-order valence-corrected chi connectivity index (χ0v) is 12.3. The fourth-order valence-corrected chi connectivity index (χ4v) is 2.93. The van der Waals surface area contributed by atoms with Gasteiger partial charge in [-0.3, -0.25) is 5.43 Å². The molecule has 21 heavy (non-hydrogen) atoms. The fraction of sp³-hybridized carbons (Fsp3) is 0.462. The summed E-state index contributed by atoms with van der Waals surface area (Å²) in [5.74, 6) is 0.380. The lowest BCUT2D eigenvalue weighted by Gasteiger charge is -2.23. The smallest absolute Gasteiger partial charge is 0.493 e. The number of ether oxygens (including phenoxy) is 2. The number of thioether (sulfide) groups is 1. The van der Waals surface area contributed by atoms with Gasteiger partial charge in [0.05, 0.1) is 23.9 Å². The highest BCUT2D eigenvalue weighted by atomic mass is 32.2. The molecule has 8 heteroatoms. The van der Waals surface area contributed by atoms with Crippen LogP contribution < -0.4 is 14.9 Å². The van der Waals surface area contributed by atoms with Crippen molar-refractivity contribution in [2.24, 2.45) is 5.10 Å². The van der Waals surface area contributed by atoms with Crippen LogP contribution in [0.15, 0.2) is 23.3 Å². The molecule has 0 saturated carbocycles. The summed E-state index contributed by atoms with van der Waals surface area (Å²) in [6.07, 6.45) is -3.87. The second kappa shape index (κ2) is 6.46. The SMILES string of the molecule is CCC1SCNN=C1c1ccc(OC(F)(F)F)c(OC)c1. The highest BCUT2D eigenvalue weighted by Gasteiger charge is 2.32. The summed E-state index contributed by atoms with van der Waals surface area (Å²) in [4.78, 5) is 0. The van der Waals surface area contributed by atoms with Crippen LogP contribution in [-0.4, -0.2) is 30.3 Å². The molecule has 1 aromatic rings. The first-order valence-electron chi connectivity index (χ1n) is 6.30. The number of halogens is 3. The number of hydrogen-bond acceptors (Lipinski definition) is 5. The number of benzene rings is 1. The molecular formula is C13H15F3N2O2S. The minimum atomic E-state index is -4.75. The topological polar surface area (TPSA) is 42.9 Å². The third-order valence-corrected chi connectivity index (χ3v) is 4.16. The van der Waals surface area contributed by atoms with Gasteiger partial charge in [-0.25, -0.2) is 0 Å². The first-order valence-corrected chi connectivity index (χ1v) is 7.35. The molecular weight excluding hydrogens is 305 g/mol. The van der Waals surface area contributed by atoms with E-state index in [4.69, 9.17) is 4.74 Å². The van der Waals surface area contributed by atoms with Crippen molar-refractivity contribution in [3.8, 4) is 11.5 Å². The number of methoxy groups -OCH3 is 1. The maximum absolute atomic E-state index is 12.3. The second-order valence-electron chi connectivity index (χ2n) is 4.28. The van der Waals surface area contributed by atoms with Gasteiger partial charge in [-0.2, -0.15) is 5.10 Å². The fourth-order valence-electron chi connectivity index (χ4n) is 2.00. The highest BCUT2D eigenvalue weighted by Crippen LogP contribution is 2.34. The minimum absolute atomic E-state index is 0.0259. The average molecular weight is 320 g/mol. The number of alkyl halides is 3. The summed E-state index contributed by atoms with van der Waals surface area (Å²) >= 11 is 1.70. The van der Waals surface area contributed by atoms with Gasteiger partial charge in [0, 0.05) is 5.56 Å². The summed E-state index contributed by atoms with van der Waals surface area (Å²) in [6.45, 7) is 2.04. The summed E-state index contributed by atoms with van der Waals surface area (Å²) < 4.78 is 45.9. The van der Waals surface area contributed by atoms with E-state index in [1.807, 2.05) is 6.92 Å². The Hall–Kier alpha value is -1.57. The van der Waals surface area contributed by atoms with Crippen LogP contribution in [0.4, 0.5) is 13.2 Å². The van der Waals surface area contributed by atoms with Gasteiger partial charge in [-0.1, -0.05) is 6.92 Å². The molecule has 0 fully saturated rings. The predicted molar refractivity (Wildman–Crippen MR) is 75.9 cm³/mol. The van der Waals surface area contributed by atoms with Crippen LogP contribution >= 0.6 is 11.8 Å². The molecule has 1 heterocycles. The number of rotatable bonds is 4. The Morgan fingerprint density at radius 3 is 2.76 bits per heavy atom. The Kier molecular flexibility index (Phi) is 4.87. The molecule has 1 aliphatic rings. The summed E-state index contributed by atoms with van der Waals surface area (Å²) in [6, 6.07) is 4.31. The first kappa shape index (κ1) is 15.8. The maximum atomic E-state index is 12.3. The lowest BCUT2D eigenvalue weighted by Crippen LogP contribution is -2.28. The molecule has 0 saturated heterocycles. The van der Waals surface area contributed by atoms with Crippen molar-refractivity contribution in [3.05, 3.63) is 23.8 Å². The van der Waals surface area contributed by atoms with Crippen molar-refractivity contribution in [2.45, 2.75) is 25.0 Å². The van der Waals surface area contributed by atoms with Gasteiger partial charge in [0.25, 0.3) is 0 Å². The molecule has 1 unspecified atom stereocenters. The van der Waals surface area contributed by atoms with Crippen molar-refractivity contribution in [2.75, 3.05) is 13.0 Å². The zero-order chi connectivity index (χ0) is 15.5. The van der Waals surface area contributed by atoms with Crippen molar-refractivity contribution < 1.29 is 22.6 Å². The Bertz CT molecular complexity index is 535. The van der Waals surface area contributed by atoms with Crippen molar-refractivity contribution in [1.29, 1.82) is 0 Å². The first-order chi connectivity index (χ1) is 9.94. The monoisotopic (exact) mass is 320 g/mol. The number of nitrogens with one attached hydrogen (secondary N) is 1. The van der Waals surface area contributed by atoms with Crippen LogP contribution in [0.1, 0.15) is 18.9 Å². The van der Waals surface area contributed by atoms with Crippen LogP contribution in [0.2, 0.25) is 0 Å². The van der Waals surface area contributed by atoms with E-state index in [1.165, 1.54) is 19.2 Å². The lowest BCUT2D eigenvalue weighted by atomic mass is 10.0. The van der Waals surface area contributed by atoms with E-state index in [0.717, 1.165) is 12.1 Å². The molecule has 0 aliphatic carbocycles. The number of hydrogen-bond donors (Lipinski definition) is 1. The third-order valence-electron chi connectivity index (χ3n) is 2.91. The lowest BCUT2D eigenvalue weighted by molar-refractivity contribution is -0.275. The van der Waals surface area contributed by atoms with E-state index in [0.29, 0.717) is 11.4 Å². The van der Waals surface area contributed by atoms with E-state index < -0.39 is 6.36 Å². The Morgan fingerprint density at radius 2 is 2.14 bits per heavy atom. The molecule has 1 atom stereocenters. The van der Waals surface area contributed by atoms with E-state index in [9.17, 15) is 13.2 Å². The molecule has 0 radical (unpaired) electrons. The summed E-state index contributed by atoms with van der Waals surface area (Å²) in [7, 11) is 1.30. The zero-order valence-electron chi connectivity index (χ0n) is 11.5. The van der Waals surface area contributed by atoms with E-state index in [2.05, 4.69) is 15.3 Å². The van der Waals surface area contributed by atoms with Gasteiger partial charge >= 0.3 is 6.36 Å². The van der Waals surface area contributed by atoms with E-state index >= 15 is 0 Å². The van der Waals surface area contributed by atoms with Crippen molar-refractivity contribution >= 4 is 17.5 Å². The van der Waals surface area contributed by atoms with Crippen LogP contribution in [-0.2, 0) is 0 Å². The van der Waals surface area contributed by atoms with Gasteiger partial charge in [0.1, 0.15) is 0 Å². The Balaban J connectivity index is 2.32. The standard InChI is InChI=1S/C13H15F3N2O2S/c1-3-11-12(18-17-7-21-11)8-4-5-9(10(6-8)19-2)20-13(14,15)16/h4-6,11,17H,3,7H2,1-2H3. The molecule has 1 aromatic carbocycles. The average Bonchev–Trinajstić information content (AvgIpc) is 2.46. The Morgan fingerprint density at radius 1 is 1.38 bits per heavy atom. The Labute approximate surface area is 124 Å². The quantitative estimate of drug-likeness (QED) is 0.924. The molecule has 0 bridgehead atoms. The van der Waals surface area contributed by atoms with Gasteiger partial charge in [0.2, 0.25) is 0 Å². The summed E-state index contributed by atoms with van der Waals surface area (Å²) in [5.41, 5.74) is 4.40. The van der Waals surface area contributed by atoms with Gasteiger partial charge in [-0.15, -0.1) is 24.9 Å². The van der Waals surface area contributed by atoms with Gasteiger partial charge < -0.3 is 9.47 Å². The molecule has 0 aromatic heterocycles. The molecule has 0 amide bonds. The summed E-state index contributed by atoms with van der Waals surface area (Å²) in [5, 5.41) is 4.46. The van der Waals surface area contributed by atoms with Crippen molar-refractivity contribution in [3.63, 3.8) is 0 Å². The molecule has 2 rings (SSSR count). The third kappa shape index (κ3) is 3.96. The van der Waals surface area contributed by atoms with Gasteiger partial charge in [-0.05, 0) is 24.6 Å². The van der Waals surface area contributed by atoms with E-state index in [1.54, 1.807) is 17.8 Å². The van der Waals surface area contributed by atoms with Crippen LogP contribution in [0.3, 0.4) is 0 Å². The van der Waals surface area contributed by atoms with Crippen LogP contribution in [0.25, 0.3) is 0 Å². The second-order valence-corrected chi connectivity index (χ2v) is 5.47. The molecule has 1 N–H and O–H groups in total. The number of nitrogens with zero attached hydrogens (tertiary/aromatic N) is 1. The molecule has 0 spiro atoms. The van der Waals surface area contributed by atoms with E-state index in [-0.39, 0.29) is 16.7 Å². The molecule has 4 nitrogen and oxygen atoms in total. The maximum Gasteiger partial charge on any atom is 0.573 e. The number of hydrazone groups is 1. The highest BCUT2D eigenvalue weighted by molar-refractivity contribution is 8.00. The van der Waals surface area contributed by atoms with Crippen LogP contribution in [0.5, 0.6) is 11.5 Å². The normalized spacial score (nSPS) is 18.7. The predicted octanol–water partition coefficient (Wildman–Crippen LogP) is 3.37. The minimum Gasteiger partial charge on any atom is -0.493 e. The van der Waals surface area contributed by atoms with Gasteiger partial charge in [0.15, 0.2) is 11.5 Å². The van der Waals surface area contributed by atoms with Crippen LogP contribution in [0, 0.1) is 0 Å². The van der Waals surface area contributed by atoms with Crippen molar-refractivity contribution in [1.82, 2.24) is 5.43 Å². The molecule has 116 valence electrons. The largest absolute Gasteiger partial charge is 0.573 e.